The SMILES string of the molecule is CCCCCNC(=O)/C(N)=C\c1ccc(OC(C(=O)OCc2ccccc2)C(=O)OCc2ccccc2)cc1. The highest BCUT2D eigenvalue weighted by atomic mass is 16.6. The number of carbonyl (C=O) groups is 3. The van der Waals surface area contributed by atoms with Crippen molar-refractivity contribution >= 4 is 23.9 Å². The van der Waals surface area contributed by atoms with Gasteiger partial charge in [-0.3, -0.25) is 4.79 Å². The summed E-state index contributed by atoms with van der Waals surface area (Å²) >= 11 is 0. The lowest BCUT2D eigenvalue weighted by molar-refractivity contribution is -0.168. The van der Waals surface area contributed by atoms with Gasteiger partial charge in [0.15, 0.2) is 0 Å². The van der Waals surface area contributed by atoms with Crippen molar-refractivity contribution in [2.45, 2.75) is 45.5 Å². The van der Waals surface area contributed by atoms with E-state index < -0.39 is 18.0 Å². The maximum absolute atomic E-state index is 12.9. The van der Waals surface area contributed by atoms with Crippen LogP contribution >= 0.6 is 0 Å². The van der Waals surface area contributed by atoms with E-state index >= 15 is 0 Å². The standard InChI is InChI=1S/C31H34N2O6/c1-2-3-10-19-33-29(34)27(32)20-23-15-17-26(18-16-23)39-28(30(35)37-21-24-11-6-4-7-12-24)31(36)38-22-25-13-8-5-9-14-25/h4-9,11-18,20,28H,2-3,10,19,21-22,32H2,1H3,(H,33,34)/b27-20+. The van der Waals surface area contributed by atoms with Gasteiger partial charge in [-0.1, -0.05) is 92.6 Å². The highest BCUT2D eigenvalue weighted by Crippen LogP contribution is 2.17. The summed E-state index contributed by atoms with van der Waals surface area (Å²) in [6.45, 7) is 2.62. The lowest BCUT2D eigenvalue weighted by Crippen LogP contribution is -2.38. The zero-order chi connectivity index (χ0) is 27.9. The van der Waals surface area contributed by atoms with Crippen LogP contribution < -0.4 is 15.8 Å². The maximum atomic E-state index is 12.9. The largest absolute Gasteiger partial charge is 0.467 e. The Morgan fingerprint density at radius 3 is 1.85 bits per heavy atom. The van der Waals surface area contributed by atoms with Crippen LogP contribution in [0.15, 0.2) is 90.6 Å². The van der Waals surface area contributed by atoms with Crippen LogP contribution in [0.5, 0.6) is 5.75 Å². The quantitative estimate of drug-likeness (QED) is 0.136. The summed E-state index contributed by atoms with van der Waals surface area (Å²) in [5, 5.41) is 2.79. The summed E-state index contributed by atoms with van der Waals surface area (Å²) in [5.41, 5.74) is 8.19. The highest BCUT2D eigenvalue weighted by molar-refractivity contribution is 5.98. The predicted molar refractivity (Wildman–Crippen MR) is 148 cm³/mol. The van der Waals surface area contributed by atoms with Crippen molar-refractivity contribution < 1.29 is 28.6 Å². The van der Waals surface area contributed by atoms with Gasteiger partial charge in [-0.25, -0.2) is 9.59 Å². The summed E-state index contributed by atoms with van der Waals surface area (Å²) in [6, 6.07) is 24.7. The van der Waals surface area contributed by atoms with Gasteiger partial charge < -0.3 is 25.3 Å². The molecule has 3 N–H and O–H groups in total. The lowest BCUT2D eigenvalue weighted by atomic mass is 10.1. The number of nitrogens with two attached hydrogens (primary N) is 1. The highest BCUT2D eigenvalue weighted by Gasteiger charge is 2.32. The smallest absolute Gasteiger partial charge is 0.359 e. The molecule has 39 heavy (non-hydrogen) atoms. The van der Waals surface area contributed by atoms with E-state index in [9.17, 15) is 14.4 Å². The number of hydrogen-bond acceptors (Lipinski definition) is 7. The van der Waals surface area contributed by atoms with Crippen LogP contribution in [-0.2, 0) is 37.1 Å². The molecule has 0 saturated carbocycles. The lowest BCUT2D eigenvalue weighted by Gasteiger charge is -2.17. The first-order valence-electron chi connectivity index (χ1n) is 12.9. The summed E-state index contributed by atoms with van der Waals surface area (Å²) < 4.78 is 16.4. The van der Waals surface area contributed by atoms with Gasteiger partial charge in [0.1, 0.15) is 19.0 Å². The molecule has 1 amide bonds. The minimum atomic E-state index is -1.63. The fraction of sp³-hybridized carbons (Fsp3) is 0.258. The van der Waals surface area contributed by atoms with E-state index in [2.05, 4.69) is 12.2 Å². The molecule has 204 valence electrons. The van der Waals surface area contributed by atoms with Crippen molar-refractivity contribution in [1.29, 1.82) is 0 Å². The van der Waals surface area contributed by atoms with Crippen LogP contribution in [0.25, 0.3) is 6.08 Å². The Kier molecular flexibility index (Phi) is 11.6. The third-order valence-electron chi connectivity index (χ3n) is 5.66. The molecule has 0 saturated heterocycles. The van der Waals surface area contributed by atoms with E-state index in [1.165, 1.54) is 0 Å². The minimum absolute atomic E-state index is 0.0188. The molecule has 0 unspecified atom stereocenters. The fourth-order valence-corrected chi connectivity index (χ4v) is 3.50. The Bertz CT molecular complexity index is 1170. The Morgan fingerprint density at radius 1 is 0.795 bits per heavy atom. The topological polar surface area (TPSA) is 117 Å². The molecular weight excluding hydrogens is 496 g/mol. The van der Waals surface area contributed by atoms with E-state index in [1.54, 1.807) is 54.6 Å². The van der Waals surface area contributed by atoms with Crippen LogP contribution in [0.4, 0.5) is 0 Å². The molecule has 3 aromatic carbocycles. The van der Waals surface area contributed by atoms with Crippen LogP contribution in [0, 0.1) is 0 Å². The fourth-order valence-electron chi connectivity index (χ4n) is 3.50. The summed E-state index contributed by atoms with van der Waals surface area (Å²) in [6.07, 6.45) is 2.90. The molecule has 0 spiro atoms. The Morgan fingerprint density at radius 2 is 1.33 bits per heavy atom. The van der Waals surface area contributed by atoms with E-state index in [-0.39, 0.29) is 30.6 Å². The van der Waals surface area contributed by atoms with Crippen molar-refractivity contribution in [1.82, 2.24) is 5.32 Å². The molecule has 0 aliphatic heterocycles. The first-order chi connectivity index (χ1) is 19.0. The van der Waals surface area contributed by atoms with E-state index in [0.29, 0.717) is 12.1 Å². The van der Waals surface area contributed by atoms with Gasteiger partial charge in [-0.2, -0.15) is 0 Å². The minimum Gasteiger partial charge on any atom is -0.467 e. The number of amides is 1. The van der Waals surface area contributed by atoms with Crippen molar-refractivity contribution in [3.8, 4) is 5.75 Å². The number of esters is 2. The number of nitrogens with one attached hydrogen (secondary N) is 1. The maximum Gasteiger partial charge on any atom is 0.359 e. The summed E-state index contributed by atoms with van der Waals surface area (Å²) in [5.74, 6) is -1.84. The molecule has 0 bridgehead atoms. The molecule has 0 radical (unpaired) electrons. The molecular formula is C31H34N2O6. The van der Waals surface area contributed by atoms with Crippen LogP contribution in [0.3, 0.4) is 0 Å². The summed E-state index contributed by atoms with van der Waals surface area (Å²) in [7, 11) is 0. The number of hydrogen-bond donors (Lipinski definition) is 2. The monoisotopic (exact) mass is 530 g/mol. The molecule has 0 heterocycles. The van der Waals surface area contributed by atoms with Gasteiger partial charge in [0.25, 0.3) is 12.0 Å². The van der Waals surface area contributed by atoms with Crippen molar-refractivity contribution in [3.05, 3.63) is 107 Å². The van der Waals surface area contributed by atoms with E-state index in [0.717, 1.165) is 30.4 Å². The molecule has 0 atom stereocenters. The summed E-state index contributed by atoms with van der Waals surface area (Å²) in [4.78, 5) is 37.9. The number of ether oxygens (including phenoxy) is 3. The molecule has 0 aliphatic carbocycles. The number of unbranched alkanes of at least 4 members (excludes halogenated alkanes) is 2. The first kappa shape index (κ1) is 29.0. The average Bonchev–Trinajstić information content (AvgIpc) is 2.97. The van der Waals surface area contributed by atoms with Gasteiger partial charge in [-0.15, -0.1) is 0 Å². The molecule has 0 aliphatic rings. The van der Waals surface area contributed by atoms with E-state index in [4.69, 9.17) is 19.9 Å². The normalized spacial score (nSPS) is 11.1. The van der Waals surface area contributed by atoms with Crippen molar-refractivity contribution in [2.75, 3.05) is 6.54 Å². The molecule has 8 nitrogen and oxygen atoms in total. The second-order valence-corrected chi connectivity index (χ2v) is 8.82. The van der Waals surface area contributed by atoms with Crippen LogP contribution in [-0.4, -0.2) is 30.5 Å². The van der Waals surface area contributed by atoms with Gasteiger partial charge in [0.2, 0.25) is 0 Å². The number of rotatable bonds is 14. The second kappa shape index (κ2) is 15.6. The number of carbonyl (C=O) groups excluding carboxylic acids is 3. The third-order valence-corrected chi connectivity index (χ3v) is 5.66. The van der Waals surface area contributed by atoms with Gasteiger partial charge in [0.05, 0.1) is 5.70 Å². The number of benzene rings is 3. The molecule has 0 aromatic heterocycles. The third kappa shape index (κ3) is 10.0. The molecule has 0 fully saturated rings. The first-order valence-corrected chi connectivity index (χ1v) is 12.9. The van der Waals surface area contributed by atoms with Crippen LogP contribution in [0.1, 0.15) is 42.9 Å². The molecule has 3 rings (SSSR count). The van der Waals surface area contributed by atoms with Crippen LogP contribution in [0.2, 0.25) is 0 Å². The Balaban J connectivity index is 1.65. The second-order valence-electron chi connectivity index (χ2n) is 8.82. The van der Waals surface area contributed by atoms with Gasteiger partial charge in [0, 0.05) is 6.54 Å². The molecule has 8 heteroatoms. The molecule has 3 aromatic rings. The van der Waals surface area contributed by atoms with E-state index in [1.807, 2.05) is 36.4 Å². The van der Waals surface area contributed by atoms with Crippen molar-refractivity contribution in [2.24, 2.45) is 5.73 Å². The van der Waals surface area contributed by atoms with Crippen molar-refractivity contribution in [3.63, 3.8) is 0 Å². The van der Waals surface area contributed by atoms with Gasteiger partial charge in [-0.05, 0) is 41.3 Å². The zero-order valence-electron chi connectivity index (χ0n) is 22.0. The van der Waals surface area contributed by atoms with Gasteiger partial charge >= 0.3 is 11.9 Å². The zero-order valence-corrected chi connectivity index (χ0v) is 22.0. The average molecular weight is 531 g/mol. The Labute approximate surface area is 228 Å². The predicted octanol–water partition coefficient (Wildman–Crippen LogP) is 4.53. The Hall–Kier alpha value is -4.59.